The number of benzene rings is 3. The maximum absolute atomic E-state index is 13.0. The molecule has 33 heavy (non-hydrogen) atoms. The molecule has 4 rings (SSSR count). The van der Waals surface area contributed by atoms with Crippen LogP contribution in [0, 0.1) is 0 Å². The Balaban J connectivity index is 1.39. The average molecular weight is 461 g/mol. The lowest BCUT2D eigenvalue weighted by atomic mass is 10.1. The van der Waals surface area contributed by atoms with Gasteiger partial charge in [0, 0.05) is 18.0 Å². The van der Waals surface area contributed by atoms with Crippen molar-refractivity contribution >= 4 is 35.2 Å². The minimum atomic E-state index is -0.598. The second kappa shape index (κ2) is 10.8. The number of carbonyl (C=O) groups is 3. The van der Waals surface area contributed by atoms with E-state index in [9.17, 15) is 14.4 Å². The third-order valence-corrected chi connectivity index (χ3v) is 6.33. The molecule has 0 aliphatic carbocycles. The molecule has 0 fully saturated rings. The van der Waals surface area contributed by atoms with E-state index in [2.05, 4.69) is 5.32 Å². The van der Waals surface area contributed by atoms with Crippen LogP contribution in [0.1, 0.15) is 21.5 Å². The number of rotatable bonds is 8. The van der Waals surface area contributed by atoms with Crippen LogP contribution >= 0.6 is 11.8 Å². The maximum atomic E-state index is 13.0. The topological polar surface area (TPSA) is 75.7 Å². The first kappa shape index (κ1) is 22.6. The minimum Gasteiger partial charge on any atom is -0.452 e. The van der Waals surface area contributed by atoms with E-state index in [-0.39, 0.29) is 18.4 Å². The number of nitrogens with zero attached hydrogens (tertiary/aromatic N) is 1. The lowest BCUT2D eigenvalue weighted by Gasteiger charge is -2.23. The summed E-state index contributed by atoms with van der Waals surface area (Å²) < 4.78 is 5.33. The van der Waals surface area contributed by atoms with Crippen LogP contribution in [0.15, 0.2) is 83.8 Å². The predicted octanol–water partition coefficient (Wildman–Crippen LogP) is 4.16. The van der Waals surface area contributed by atoms with Gasteiger partial charge in [0.15, 0.2) is 6.61 Å². The Morgan fingerprint density at radius 2 is 1.64 bits per heavy atom. The van der Waals surface area contributed by atoms with Crippen LogP contribution in [0.5, 0.6) is 0 Å². The molecular formula is C26H24N2O4S. The van der Waals surface area contributed by atoms with Gasteiger partial charge >= 0.3 is 5.97 Å². The zero-order valence-electron chi connectivity index (χ0n) is 18.0. The summed E-state index contributed by atoms with van der Waals surface area (Å²) in [6.45, 7) is 0.599. The number of fused-ring (bicyclic) bond motifs is 1. The second-order valence-electron chi connectivity index (χ2n) is 7.66. The van der Waals surface area contributed by atoms with Crippen LogP contribution in [0.3, 0.4) is 0 Å². The highest BCUT2D eigenvalue weighted by atomic mass is 32.2. The molecule has 0 saturated heterocycles. The molecular weight excluding hydrogens is 436 g/mol. The highest BCUT2D eigenvalue weighted by molar-refractivity contribution is 8.00. The molecule has 1 aliphatic heterocycles. The van der Waals surface area contributed by atoms with Crippen LogP contribution in [-0.4, -0.2) is 41.6 Å². The maximum Gasteiger partial charge on any atom is 0.338 e. The highest BCUT2D eigenvalue weighted by Gasteiger charge is 2.20. The van der Waals surface area contributed by atoms with Crippen molar-refractivity contribution in [2.75, 3.05) is 24.2 Å². The van der Waals surface area contributed by atoms with Crippen molar-refractivity contribution in [2.24, 2.45) is 0 Å². The van der Waals surface area contributed by atoms with E-state index >= 15 is 0 Å². The molecule has 0 aromatic heterocycles. The van der Waals surface area contributed by atoms with Gasteiger partial charge in [-0.05, 0) is 35.7 Å². The molecule has 0 spiro atoms. The van der Waals surface area contributed by atoms with E-state index in [1.165, 1.54) is 11.8 Å². The third-order valence-electron chi connectivity index (χ3n) is 5.26. The number of anilines is 1. The van der Waals surface area contributed by atoms with Crippen LogP contribution in [0.25, 0.3) is 0 Å². The Labute approximate surface area is 196 Å². The minimum absolute atomic E-state index is 0.108. The Bertz CT molecular complexity index is 1140. The standard InChI is InChI=1S/C26H24N2O4S/c29-24-18-33-23-12-11-21(15-22(23)27-24)26(31)32-17-25(30)28(16-20-9-5-2-6-10-20)14-13-19-7-3-1-4-8-19/h1-12,15H,13-14,16-18H2,(H,27,29). The van der Waals surface area contributed by atoms with Gasteiger partial charge in [0.25, 0.3) is 5.91 Å². The Kier molecular flexibility index (Phi) is 7.42. The Morgan fingerprint density at radius 1 is 0.939 bits per heavy atom. The fraction of sp³-hybridized carbons (Fsp3) is 0.192. The summed E-state index contributed by atoms with van der Waals surface area (Å²) in [6.07, 6.45) is 0.704. The average Bonchev–Trinajstić information content (AvgIpc) is 2.85. The number of esters is 1. The fourth-order valence-corrected chi connectivity index (χ4v) is 4.30. The summed E-state index contributed by atoms with van der Waals surface area (Å²) in [6, 6.07) is 24.7. The molecule has 0 atom stereocenters. The van der Waals surface area contributed by atoms with Gasteiger partial charge in [0.05, 0.1) is 17.0 Å². The highest BCUT2D eigenvalue weighted by Crippen LogP contribution is 2.32. The molecule has 1 N–H and O–H groups in total. The Hall–Kier alpha value is -3.58. The fourth-order valence-electron chi connectivity index (χ4n) is 3.52. The Morgan fingerprint density at radius 3 is 2.36 bits per heavy atom. The number of hydrogen-bond donors (Lipinski definition) is 1. The molecule has 1 aliphatic rings. The van der Waals surface area contributed by atoms with Crippen LogP contribution in [0.4, 0.5) is 5.69 Å². The number of amides is 2. The van der Waals surface area contributed by atoms with Gasteiger partial charge in [-0.2, -0.15) is 0 Å². The molecule has 0 radical (unpaired) electrons. The van der Waals surface area contributed by atoms with E-state index in [4.69, 9.17) is 4.74 Å². The number of thioether (sulfide) groups is 1. The second-order valence-corrected chi connectivity index (χ2v) is 8.68. The summed E-state index contributed by atoms with van der Waals surface area (Å²) in [5.74, 6) is -0.613. The molecule has 0 bridgehead atoms. The molecule has 3 aromatic rings. The van der Waals surface area contributed by atoms with Crippen molar-refractivity contribution in [1.82, 2.24) is 4.90 Å². The van der Waals surface area contributed by atoms with Gasteiger partial charge in [-0.25, -0.2) is 4.79 Å². The molecule has 1 heterocycles. The third kappa shape index (κ3) is 6.23. The SMILES string of the molecule is O=C1CSc2ccc(C(=O)OCC(=O)N(CCc3ccccc3)Cc3ccccc3)cc2N1. The first-order chi connectivity index (χ1) is 16.1. The molecule has 7 heteroatoms. The predicted molar refractivity (Wildman–Crippen MR) is 128 cm³/mol. The summed E-state index contributed by atoms with van der Waals surface area (Å²) in [5.41, 5.74) is 3.02. The summed E-state index contributed by atoms with van der Waals surface area (Å²) in [7, 11) is 0. The summed E-state index contributed by atoms with van der Waals surface area (Å²) >= 11 is 1.42. The summed E-state index contributed by atoms with van der Waals surface area (Å²) in [5, 5.41) is 2.76. The van der Waals surface area contributed by atoms with E-state index in [1.807, 2.05) is 60.7 Å². The van der Waals surface area contributed by atoms with Gasteiger partial charge in [-0.3, -0.25) is 9.59 Å². The smallest absolute Gasteiger partial charge is 0.338 e. The molecule has 168 valence electrons. The van der Waals surface area contributed by atoms with E-state index < -0.39 is 5.97 Å². The van der Waals surface area contributed by atoms with Crippen LogP contribution in [-0.2, 0) is 27.3 Å². The molecule has 0 unspecified atom stereocenters. The van der Waals surface area contributed by atoms with E-state index in [1.54, 1.807) is 23.1 Å². The van der Waals surface area contributed by atoms with Gasteiger partial charge in [-0.15, -0.1) is 11.8 Å². The van der Waals surface area contributed by atoms with E-state index in [0.29, 0.717) is 36.5 Å². The van der Waals surface area contributed by atoms with E-state index in [0.717, 1.165) is 16.0 Å². The molecule has 3 aromatic carbocycles. The molecule has 0 saturated carbocycles. The van der Waals surface area contributed by atoms with Crippen molar-refractivity contribution in [3.05, 3.63) is 95.6 Å². The van der Waals surface area contributed by atoms with Crippen LogP contribution < -0.4 is 5.32 Å². The zero-order valence-corrected chi connectivity index (χ0v) is 18.8. The van der Waals surface area contributed by atoms with Gasteiger partial charge < -0.3 is 15.0 Å². The first-order valence-electron chi connectivity index (χ1n) is 10.7. The first-order valence-corrected chi connectivity index (χ1v) is 11.7. The zero-order chi connectivity index (χ0) is 23.0. The van der Waals surface area contributed by atoms with Gasteiger partial charge in [0.1, 0.15) is 0 Å². The lowest BCUT2D eigenvalue weighted by molar-refractivity contribution is -0.135. The van der Waals surface area contributed by atoms with Crippen LogP contribution in [0.2, 0.25) is 0 Å². The normalized spacial score (nSPS) is 12.4. The monoisotopic (exact) mass is 460 g/mol. The number of ether oxygens (including phenoxy) is 1. The molecule has 2 amide bonds. The van der Waals surface area contributed by atoms with Crippen molar-refractivity contribution in [3.8, 4) is 0 Å². The largest absolute Gasteiger partial charge is 0.452 e. The molecule has 6 nitrogen and oxygen atoms in total. The number of hydrogen-bond acceptors (Lipinski definition) is 5. The van der Waals surface area contributed by atoms with Gasteiger partial charge in [-0.1, -0.05) is 60.7 Å². The van der Waals surface area contributed by atoms with Crippen molar-refractivity contribution in [2.45, 2.75) is 17.9 Å². The number of nitrogens with one attached hydrogen (secondary N) is 1. The van der Waals surface area contributed by atoms with Gasteiger partial charge in [0.2, 0.25) is 5.91 Å². The lowest BCUT2D eigenvalue weighted by Crippen LogP contribution is -2.35. The van der Waals surface area contributed by atoms with Crippen molar-refractivity contribution in [1.29, 1.82) is 0 Å². The van der Waals surface area contributed by atoms with Crippen molar-refractivity contribution in [3.63, 3.8) is 0 Å². The number of carbonyl (C=O) groups excluding carboxylic acids is 3. The summed E-state index contributed by atoms with van der Waals surface area (Å²) in [4.78, 5) is 39.8. The van der Waals surface area contributed by atoms with Crippen molar-refractivity contribution < 1.29 is 19.1 Å². The quantitative estimate of drug-likeness (QED) is 0.511.